The van der Waals surface area contributed by atoms with Crippen LogP contribution in [0.3, 0.4) is 0 Å². The number of ether oxygens (including phenoxy) is 1. The van der Waals surface area contributed by atoms with Crippen molar-refractivity contribution in [3.8, 4) is 5.75 Å². The summed E-state index contributed by atoms with van der Waals surface area (Å²) in [4.78, 5) is 18.1. The number of anilines is 1. The van der Waals surface area contributed by atoms with Crippen LogP contribution >= 0.6 is 0 Å². The molecule has 0 radical (unpaired) electrons. The van der Waals surface area contributed by atoms with Crippen molar-refractivity contribution in [1.82, 2.24) is 5.16 Å². The molecule has 1 aliphatic rings. The number of aromatic nitrogens is 1. The predicted molar refractivity (Wildman–Crippen MR) is 111 cm³/mol. The molecule has 0 saturated carbocycles. The Hall–Kier alpha value is -2.86. The standard InChI is InChI=1S/C23H26N2O4/c1-17-15-19(29-24-17)10-5-3-2-4-8-14-28-25-21-13-12-18-9-6-7-11-20(18)23(21)27-16-22(25)26/h6-7,9,11-13,15H,2-5,8,10,14,16H2,1H3. The molecule has 29 heavy (non-hydrogen) atoms. The van der Waals surface area contributed by atoms with Gasteiger partial charge in [-0.1, -0.05) is 54.8 Å². The van der Waals surface area contributed by atoms with Crippen LogP contribution in [0.15, 0.2) is 47.0 Å². The molecule has 0 saturated heterocycles. The molecule has 6 heteroatoms. The van der Waals surface area contributed by atoms with Gasteiger partial charge in [0.25, 0.3) is 5.91 Å². The van der Waals surface area contributed by atoms with E-state index in [4.69, 9.17) is 14.1 Å². The number of unbranched alkanes of at least 4 members (excludes halogenated alkanes) is 4. The Morgan fingerprint density at radius 1 is 1.07 bits per heavy atom. The highest BCUT2D eigenvalue weighted by Gasteiger charge is 2.28. The minimum Gasteiger partial charge on any atom is -0.481 e. The number of hydroxylamine groups is 1. The number of carbonyl (C=O) groups excluding carboxylic acids is 1. The average molecular weight is 394 g/mol. The average Bonchev–Trinajstić information content (AvgIpc) is 3.16. The lowest BCUT2D eigenvalue weighted by atomic mass is 10.1. The van der Waals surface area contributed by atoms with Gasteiger partial charge in [-0.25, -0.2) is 0 Å². The fraction of sp³-hybridized carbons (Fsp3) is 0.391. The molecular formula is C23H26N2O4. The highest BCUT2D eigenvalue weighted by atomic mass is 16.7. The van der Waals surface area contributed by atoms with Gasteiger partial charge in [-0.05, 0) is 31.2 Å². The van der Waals surface area contributed by atoms with Gasteiger partial charge in [0.2, 0.25) is 0 Å². The number of benzene rings is 2. The van der Waals surface area contributed by atoms with Gasteiger partial charge >= 0.3 is 0 Å². The smallest absolute Gasteiger partial charge is 0.288 e. The molecular weight excluding hydrogens is 368 g/mol. The zero-order valence-corrected chi connectivity index (χ0v) is 16.7. The first kappa shape index (κ1) is 19.5. The molecule has 0 atom stereocenters. The van der Waals surface area contributed by atoms with Crippen LogP contribution in [-0.4, -0.2) is 24.3 Å². The molecule has 0 bridgehead atoms. The van der Waals surface area contributed by atoms with Gasteiger partial charge in [-0.3, -0.25) is 9.63 Å². The van der Waals surface area contributed by atoms with E-state index >= 15 is 0 Å². The summed E-state index contributed by atoms with van der Waals surface area (Å²) in [5.74, 6) is 1.50. The number of hydrogen-bond donors (Lipinski definition) is 0. The van der Waals surface area contributed by atoms with E-state index in [0.717, 1.165) is 60.8 Å². The zero-order valence-electron chi connectivity index (χ0n) is 16.7. The molecule has 3 aromatic rings. The topological polar surface area (TPSA) is 64.8 Å². The normalized spacial score (nSPS) is 13.6. The van der Waals surface area contributed by atoms with Crippen LogP contribution in [0.4, 0.5) is 5.69 Å². The third kappa shape index (κ3) is 4.59. The van der Waals surface area contributed by atoms with E-state index in [-0.39, 0.29) is 12.5 Å². The number of hydrogen-bond acceptors (Lipinski definition) is 5. The number of carbonyl (C=O) groups is 1. The summed E-state index contributed by atoms with van der Waals surface area (Å²) in [6.45, 7) is 2.45. The Balaban J connectivity index is 1.23. The lowest BCUT2D eigenvalue weighted by Crippen LogP contribution is -2.39. The number of aryl methyl sites for hydroxylation is 2. The highest BCUT2D eigenvalue weighted by Crippen LogP contribution is 2.38. The van der Waals surface area contributed by atoms with Crippen LogP contribution in [-0.2, 0) is 16.1 Å². The molecule has 1 aliphatic heterocycles. The molecule has 0 spiro atoms. The fourth-order valence-corrected chi connectivity index (χ4v) is 3.63. The molecule has 0 N–H and O–H groups in total. The van der Waals surface area contributed by atoms with Crippen LogP contribution in [0.2, 0.25) is 0 Å². The second-order valence-corrected chi connectivity index (χ2v) is 7.40. The maximum Gasteiger partial charge on any atom is 0.288 e. The lowest BCUT2D eigenvalue weighted by Gasteiger charge is -2.29. The lowest BCUT2D eigenvalue weighted by molar-refractivity contribution is -0.129. The van der Waals surface area contributed by atoms with Crippen molar-refractivity contribution in [2.45, 2.75) is 45.4 Å². The van der Waals surface area contributed by atoms with Gasteiger partial charge in [0, 0.05) is 17.9 Å². The third-order valence-corrected chi connectivity index (χ3v) is 5.11. The van der Waals surface area contributed by atoms with E-state index in [1.165, 1.54) is 5.06 Å². The van der Waals surface area contributed by atoms with Gasteiger partial charge in [0.15, 0.2) is 12.4 Å². The van der Waals surface area contributed by atoms with Crippen LogP contribution in [0.1, 0.15) is 43.6 Å². The number of fused-ring (bicyclic) bond motifs is 3. The molecule has 1 aromatic heterocycles. The minimum absolute atomic E-state index is 0.00210. The van der Waals surface area contributed by atoms with Gasteiger partial charge in [0.05, 0.1) is 12.3 Å². The molecule has 1 amide bonds. The van der Waals surface area contributed by atoms with Gasteiger partial charge in [0.1, 0.15) is 11.4 Å². The summed E-state index contributed by atoms with van der Waals surface area (Å²) in [6, 6.07) is 13.9. The molecule has 0 unspecified atom stereocenters. The van der Waals surface area contributed by atoms with Crippen LogP contribution in [0.25, 0.3) is 10.8 Å². The van der Waals surface area contributed by atoms with Gasteiger partial charge in [-0.15, -0.1) is 0 Å². The number of nitrogens with zero attached hydrogens (tertiary/aromatic N) is 2. The summed E-state index contributed by atoms with van der Waals surface area (Å²) in [5, 5.41) is 7.38. The zero-order chi connectivity index (χ0) is 20.1. The number of amides is 1. The second kappa shape index (κ2) is 9.09. The Morgan fingerprint density at radius 2 is 1.90 bits per heavy atom. The first-order valence-electron chi connectivity index (χ1n) is 10.2. The van der Waals surface area contributed by atoms with Gasteiger partial charge in [-0.2, -0.15) is 5.06 Å². The first-order valence-corrected chi connectivity index (χ1v) is 10.2. The predicted octanol–water partition coefficient (Wildman–Crippen LogP) is 4.99. The highest BCUT2D eigenvalue weighted by molar-refractivity contribution is 6.02. The van der Waals surface area contributed by atoms with Crippen molar-refractivity contribution in [2.75, 3.05) is 18.3 Å². The quantitative estimate of drug-likeness (QED) is 0.479. The molecule has 4 rings (SSSR count). The Labute approximate surface area is 170 Å². The molecule has 152 valence electrons. The summed E-state index contributed by atoms with van der Waals surface area (Å²) in [6.07, 6.45) is 6.29. The van der Waals surface area contributed by atoms with Crippen molar-refractivity contribution < 1.29 is 18.9 Å². The molecule has 2 heterocycles. The third-order valence-electron chi connectivity index (χ3n) is 5.11. The molecule has 6 nitrogen and oxygen atoms in total. The van der Waals surface area contributed by atoms with Crippen LogP contribution in [0.5, 0.6) is 5.75 Å². The maximum atomic E-state index is 12.3. The Morgan fingerprint density at radius 3 is 2.76 bits per heavy atom. The monoisotopic (exact) mass is 394 g/mol. The second-order valence-electron chi connectivity index (χ2n) is 7.40. The van der Waals surface area contributed by atoms with E-state index in [1.54, 1.807) is 0 Å². The minimum atomic E-state index is -0.171. The molecule has 2 aromatic carbocycles. The van der Waals surface area contributed by atoms with Crippen LogP contribution in [0, 0.1) is 6.92 Å². The van der Waals surface area contributed by atoms with Crippen molar-refractivity contribution in [1.29, 1.82) is 0 Å². The summed E-state index contributed by atoms with van der Waals surface area (Å²) in [5.41, 5.74) is 1.62. The molecule has 0 fully saturated rings. The fourth-order valence-electron chi connectivity index (χ4n) is 3.63. The van der Waals surface area contributed by atoms with Crippen molar-refractivity contribution in [2.24, 2.45) is 0 Å². The van der Waals surface area contributed by atoms with Crippen molar-refractivity contribution in [3.63, 3.8) is 0 Å². The first-order chi connectivity index (χ1) is 14.2. The van der Waals surface area contributed by atoms with Gasteiger partial charge < -0.3 is 9.26 Å². The Kier molecular flexibility index (Phi) is 6.10. The number of rotatable bonds is 9. The molecule has 0 aliphatic carbocycles. The van der Waals surface area contributed by atoms with E-state index in [0.29, 0.717) is 18.0 Å². The summed E-state index contributed by atoms with van der Waals surface area (Å²) < 4.78 is 10.9. The maximum absolute atomic E-state index is 12.3. The largest absolute Gasteiger partial charge is 0.481 e. The van der Waals surface area contributed by atoms with Crippen molar-refractivity contribution >= 4 is 22.4 Å². The Bertz CT molecular complexity index is 982. The van der Waals surface area contributed by atoms with E-state index in [1.807, 2.05) is 49.4 Å². The van der Waals surface area contributed by atoms with E-state index < -0.39 is 0 Å². The van der Waals surface area contributed by atoms with E-state index in [2.05, 4.69) is 5.16 Å². The van der Waals surface area contributed by atoms with Crippen molar-refractivity contribution in [3.05, 3.63) is 53.9 Å². The summed E-state index contributed by atoms with van der Waals surface area (Å²) in [7, 11) is 0. The summed E-state index contributed by atoms with van der Waals surface area (Å²) >= 11 is 0. The SMILES string of the molecule is Cc1cc(CCCCCCCON2C(=O)COc3c2ccc2ccccc32)on1. The van der Waals surface area contributed by atoms with E-state index in [9.17, 15) is 4.79 Å². The van der Waals surface area contributed by atoms with Crippen LogP contribution < -0.4 is 9.80 Å².